The van der Waals surface area contributed by atoms with Gasteiger partial charge in [-0.25, -0.2) is 0 Å². The first kappa shape index (κ1) is 22.9. The molecular formula is C19H16Cl2N4O5S. The van der Waals surface area contributed by atoms with Gasteiger partial charge in [-0.2, -0.15) is 0 Å². The van der Waals surface area contributed by atoms with Crippen molar-refractivity contribution < 1.29 is 18.9 Å². The lowest BCUT2D eigenvalue weighted by atomic mass is 10.2. The van der Waals surface area contributed by atoms with Gasteiger partial charge in [0.1, 0.15) is 5.75 Å². The van der Waals surface area contributed by atoms with E-state index in [1.807, 2.05) is 0 Å². The third kappa shape index (κ3) is 6.09. The second-order valence-electron chi connectivity index (χ2n) is 6.34. The summed E-state index contributed by atoms with van der Waals surface area (Å²) in [5, 5.41) is 22.4. The number of benzene rings is 2. The van der Waals surface area contributed by atoms with Gasteiger partial charge in [0.05, 0.1) is 15.7 Å². The van der Waals surface area contributed by atoms with Crippen LogP contribution in [0.15, 0.2) is 46.0 Å². The zero-order valence-corrected chi connectivity index (χ0v) is 18.6. The number of ether oxygens (including phenoxy) is 1. The van der Waals surface area contributed by atoms with E-state index >= 15 is 0 Å². The molecule has 0 aliphatic heterocycles. The first-order chi connectivity index (χ1) is 14.7. The number of rotatable bonds is 8. The molecule has 1 aromatic heterocycles. The van der Waals surface area contributed by atoms with Crippen molar-refractivity contribution in [2.45, 2.75) is 25.2 Å². The molecule has 1 amide bonds. The molecule has 0 bridgehead atoms. The summed E-state index contributed by atoms with van der Waals surface area (Å²) in [6.07, 6.45) is -0.581. The molecule has 0 aliphatic rings. The molecule has 162 valence electrons. The third-order valence-corrected chi connectivity index (χ3v) is 5.33. The average Bonchev–Trinajstić information content (AvgIpc) is 3.19. The number of thioether (sulfide) groups is 1. The predicted octanol–water partition coefficient (Wildman–Crippen LogP) is 5.46. The number of anilines is 1. The molecule has 31 heavy (non-hydrogen) atoms. The number of aryl methyl sites for hydroxylation is 1. The average molecular weight is 483 g/mol. The van der Waals surface area contributed by atoms with Crippen LogP contribution in [-0.4, -0.2) is 26.8 Å². The van der Waals surface area contributed by atoms with Gasteiger partial charge in [0.2, 0.25) is 5.91 Å². The molecule has 9 nitrogen and oxygen atoms in total. The minimum Gasteiger partial charge on any atom is -0.479 e. The highest BCUT2D eigenvalue weighted by atomic mass is 35.5. The lowest BCUT2D eigenvalue weighted by Gasteiger charge is -2.12. The molecule has 12 heteroatoms. The molecule has 1 heterocycles. The highest BCUT2D eigenvalue weighted by Crippen LogP contribution is 2.31. The Morgan fingerprint density at radius 2 is 2.06 bits per heavy atom. The molecule has 3 aromatic rings. The smallest absolute Gasteiger partial charge is 0.277 e. The van der Waals surface area contributed by atoms with Crippen molar-refractivity contribution >= 4 is 52.2 Å². The van der Waals surface area contributed by atoms with Crippen LogP contribution in [0.5, 0.6) is 5.75 Å². The Morgan fingerprint density at radius 3 is 2.77 bits per heavy atom. The molecule has 0 radical (unpaired) electrons. The number of hydrogen-bond acceptors (Lipinski definition) is 8. The van der Waals surface area contributed by atoms with Crippen LogP contribution in [-0.2, 0) is 4.79 Å². The van der Waals surface area contributed by atoms with Crippen molar-refractivity contribution in [3.63, 3.8) is 0 Å². The van der Waals surface area contributed by atoms with Crippen molar-refractivity contribution in [1.82, 2.24) is 10.2 Å². The molecule has 3 rings (SSSR count). The fourth-order valence-corrected chi connectivity index (χ4v) is 3.49. The second kappa shape index (κ2) is 9.99. The first-order valence-electron chi connectivity index (χ1n) is 8.85. The summed E-state index contributed by atoms with van der Waals surface area (Å²) < 4.78 is 11.2. The lowest BCUT2D eigenvalue weighted by molar-refractivity contribution is -0.385. The number of nitro groups is 1. The summed E-state index contributed by atoms with van der Waals surface area (Å²) in [6.45, 7) is 3.34. The van der Waals surface area contributed by atoms with E-state index in [-0.39, 0.29) is 28.5 Å². The van der Waals surface area contributed by atoms with Gasteiger partial charge in [-0.1, -0.05) is 41.0 Å². The van der Waals surface area contributed by atoms with Crippen LogP contribution in [0.3, 0.4) is 0 Å². The molecule has 0 saturated heterocycles. The van der Waals surface area contributed by atoms with Gasteiger partial charge in [-0.05, 0) is 38.1 Å². The van der Waals surface area contributed by atoms with Crippen molar-refractivity contribution in [3.05, 3.63) is 68.0 Å². The zero-order valence-electron chi connectivity index (χ0n) is 16.3. The van der Waals surface area contributed by atoms with Crippen LogP contribution in [0.2, 0.25) is 10.0 Å². The van der Waals surface area contributed by atoms with E-state index in [9.17, 15) is 14.9 Å². The van der Waals surface area contributed by atoms with Gasteiger partial charge < -0.3 is 14.5 Å². The van der Waals surface area contributed by atoms with E-state index in [1.165, 1.54) is 6.07 Å². The molecule has 2 aromatic carbocycles. The molecular weight excluding hydrogens is 467 g/mol. The largest absolute Gasteiger partial charge is 0.479 e. The summed E-state index contributed by atoms with van der Waals surface area (Å²) in [7, 11) is 0. The Kier molecular flexibility index (Phi) is 7.37. The van der Waals surface area contributed by atoms with E-state index in [1.54, 1.807) is 44.2 Å². The SMILES string of the molecule is Cc1ccc(NC(=O)CSc2nnc([C@@H](C)Oc3ccc(Cl)cc3Cl)o2)cc1[N+](=O)[O-]. The molecule has 0 fully saturated rings. The van der Waals surface area contributed by atoms with Crippen molar-refractivity contribution in [2.24, 2.45) is 0 Å². The number of nitrogens with one attached hydrogen (secondary N) is 1. The van der Waals surface area contributed by atoms with Crippen LogP contribution in [0.25, 0.3) is 0 Å². The number of aromatic nitrogens is 2. The number of carbonyl (C=O) groups excluding carboxylic acids is 1. The Morgan fingerprint density at radius 1 is 1.29 bits per heavy atom. The van der Waals surface area contributed by atoms with Crippen LogP contribution in [0.4, 0.5) is 11.4 Å². The van der Waals surface area contributed by atoms with Crippen molar-refractivity contribution in [1.29, 1.82) is 0 Å². The monoisotopic (exact) mass is 482 g/mol. The number of halogens is 2. The summed E-state index contributed by atoms with van der Waals surface area (Å²) in [5.74, 6) is 0.224. The van der Waals surface area contributed by atoms with Gasteiger partial charge in [0, 0.05) is 22.3 Å². The van der Waals surface area contributed by atoms with Crippen LogP contribution < -0.4 is 10.1 Å². The van der Waals surface area contributed by atoms with Crippen LogP contribution in [0, 0.1) is 17.0 Å². The Labute approximate surface area is 191 Å². The Bertz CT molecular complexity index is 1120. The van der Waals surface area contributed by atoms with Gasteiger partial charge in [-0.3, -0.25) is 14.9 Å². The lowest BCUT2D eigenvalue weighted by Crippen LogP contribution is -2.14. The normalized spacial score (nSPS) is 11.7. The number of amides is 1. The first-order valence-corrected chi connectivity index (χ1v) is 10.6. The Balaban J connectivity index is 1.55. The summed E-state index contributed by atoms with van der Waals surface area (Å²) in [4.78, 5) is 22.7. The van der Waals surface area contributed by atoms with E-state index < -0.39 is 11.0 Å². The van der Waals surface area contributed by atoms with E-state index in [2.05, 4.69) is 15.5 Å². The Hall–Kier alpha value is -2.82. The standard InChI is InChI=1S/C19H16Cl2N4O5S/c1-10-3-5-13(8-15(10)25(27)28)22-17(26)9-31-19-24-23-18(30-19)11(2)29-16-6-4-12(20)7-14(16)21/h3-8,11H,9H2,1-2H3,(H,22,26)/t11-/m1/s1. The van der Waals surface area contributed by atoms with Crippen molar-refractivity contribution in [3.8, 4) is 5.75 Å². The van der Waals surface area contributed by atoms with Gasteiger partial charge in [-0.15, -0.1) is 10.2 Å². The predicted molar refractivity (Wildman–Crippen MR) is 117 cm³/mol. The fraction of sp³-hybridized carbons (Fsp3) is 0.211. The quantitative estimate of drug-likeness (QED) is 0.255. The third-order valence-electron chi connectivity index (χ3n) is 3.98. The van der Waals surface area contributed by atoms with Crippen LogP contribution in [0.1, 0.15) is 24.5 Å². The maximum atomic E-state index is 12.2. The summed E-state index contributed by atoms with van der Waals surface area (Å²) in [5.41, 5.74) is 0.768. The number of hydrogen-bond donors (Lipinski definition) is 1. The van der Waals surface area contributed by atoms with E-state index in [0.29, 0.717) is 27.0 Å². The molecule has 0 aliphatic carbocycles. The summed E-state index contributed by atoms with van der Waals surface area (Å²) in [6, 6.07) is 9.31. The highest BCUT2D eigenvalue weighted by molar-refractivity contribution is 7.99. The summed E-state index contributed by atoms with van der Waals surface area (Å²) >= 11 is 13.0. The fourth-order valence-electron chi connectivity index (χ4n) is 2.46. The van der Waals surface area contributed by atoms with Gasteiger partial charge >= 0.3 is 0 Å². The molecule has 1 atom stereocenters. The number of nitro benzene ring substituents is 1. The second-order valence-corrected chi connectivity index (χ2v) is 8.11. The molecule has 0 spiro atoms. The number of carbonyl (C=O) groups is 1. The highest BCUT2D eigenvalue weighted by Gasteiger charge is 2.18. The number of nitrogens with zero attached hydrogens (tertiary/aromatic N) is 3. The zero-order chi connectivity index (χ0) is 22.5. The minimum atomic E-state index is -0.581. The van der Waals surface area contributed by atoms with E-state index in [4.69, 9.17) is 32.4 Å². The minimum absolute atomic E-state index is 0.0262. The molecule has 0 unspecified atom stereocenters. The van der Waals surface area contributed by atoms with Crippen molar-refractivity contribution in [2.75, 3.05) is 11.1 Å². The van der Waals surface area contributed by atoms with Gasteiger partial charge in [0.15, 0.2) is 6.10 Å². The maximum Gasteiger partial charge on any atom is 0.277 e. The topological polar surface area (TPSA) is 120 Å². The molecule has 0 saturated carbocycles. The van der Waals surface area contributed by atoms with E-state index in [0.717, 1.165) is 11.8 Å². The molecule has 1 N–H and O–H groups in total. The van der Waals surface area contributed by atoms with Crippen LogP contribution >= 0.6 is 35.0 Å². The van der Waals surface area contributed by atoms with Gasteiger partial charge in [0.25, 0.3) is 16.8 Å². The maximum absolute atomic E-state index is 12.2.